The lowest BCUT2D eigenvalue weighted by Gasteiger charge is -2.37. The van der Waals surface area contributed by atoms with Gasteiger partial charge in [0.1, 0.15) is 11.8 Å². The van der Waals surface area contributed by atoms with E-state index in [1.807, 2.05) is 42.5 Å². The van der Waals surface area contributed by atoms with Crippen LogP contribution in [0.3, 0.4) is 0 Å². The number of carbonyl (C=O) groups is 1. The fourth-order valence-electron chi connectivity index (χ4n) is 2.90. The smallest absolute Gasteiger partial charge is 0.244 e. The van der Waals surface area contributed by atoms with Crippen LogP contribution in [-0.4, -0.2) is 42.1 Å². The van der Waals surface area contributed by atoms with E-state index in [4.69, 9.17) is 5.73 Å². The third kappa shape index (κ3) is 3.29. The first-order valence-corrected chi connectivity index (χ1v) is 7.79. The van der Waals surface area contributed by atoms with Crippen LogP contribution in [0.25, 0.3) is 0 Å². The Morgan fingerprint density at radius 1 is 0.957 bits per heavy atom. The SMILES string of the molecule is N[C@H](C(=O)N1CCN(c2ccccc2O)CC1)c1ccccc1. The average molecular weight is 311 g/mol. The zero-order valence-corrected chi connectivity index (χ0v) is 12.9. The maximum Gasteiger partial charge on any atom is 0.244 e. The highest BCUT2D eigenvalue weighted by atomic mass is 16.3. The molecule has 0 aromatic heterocycles. The van der Waals surface area contributed by atoms with Crippen molar-refractivity contribution in [3.63, 3.8) is 0 Å². The summed E-state index contributed by atoms with van der Waals surface area (Å²) >= 11 is 0. The standard InChI is InChI=1S/C18H21N3O2/c19-17(14-6-2-1-3-7-14)18(23)21-12-10-20(11-13-21)15-8-4-5-9-16(15)22/h1-9,17,22H,10-13,19H2/t17-/m0/s1. The Labute approximate surface area is 135 Å². The largest absolute Gasteiger partial charge is 0.506 e. The number of phenols is 1. The van der Waals surface area contributed by atoms with Gasteiger partial charge in [-0.25, -0.2) is 0 Å². The van der Waals surface area contributed by atoms with Crippen molar-refractivity contribution in [2.24, 2.45) is 5.73 Å². The number of hydrogen-bond acceptors (Lipinski definition) is 4. The van der Waals surface area contributed by atoms with Crippen LogP contribution in [0.1, 0.15) is 11.6 Å². The maximum atomic E-state index is 12.5. The number of nitrogens with two attached hydrogens (primary N) is 1. The van der Waals surface area contributed by atoms with Crippen molar-refractivity contribution in [1.82, 2.24) is 4.90 Å². The number of para-hydroxylation sites is 2. The summed E-state index contributed by atoms with van der Waals surface area (Å²) in [6.45, 7) is 2.58. The van der Waals surface area contributed by atoms with E-state index < -0.39 is 6.04 Å². The van der Waals surface area contributed by atoms with Crippen LogP contribution >= 0.6 is 0 Å². The molecule has 3 rings (SSSR count). The number of rotatable bonds is 3. The molecule has 1 heterocycles. The molecule has 1 aliphatic heterocycles. The lowest BCUT2D eigenvalue weighted by Crippen LogP contribution is -2.51. The van der Waals surface area contributed by atoms with Gasteiger partial charge in [0.2, 0.25) is 5.91 Å². The predicted octanol–water partition coefficient (Wildman–Crippen LogP) is 1.74. The number of phenolic OH excluding ortho intramolecular Hbond substituents is 1. The van der Waals surface area contributed by atoms with Crippen LogP contribution in [0.2, 0.25) is 0 Å². The van der Waals surface area contributed by atoms with Gasteiger partial charge >= 0.3 is 0 Å². The highest BCUT2D eigenvalue weighted by Crippen LogP contribution is 2.27. The minimum Gasteiger partial charge on any atom is -0.506 e. The normalized spacial score (nSPS) is 16.2. The van der Waals surface area contributed by atoms with Gasteiger partial charge in [0, 0.05) is 26.2 Å². The van der Waals surface area contributed by atoms with Gasteiger partial charge < -0.3 is 20.6 Å². The van der Waals surface area contributed by atoms with Crippen LogP contribution in [0, 0.1) is 0 Å². The van der Waals surface area contributed by atoms with Crippen LogP contribution < -0.4 is 10.6 Å². The summed E-state index contributed by atoms with van der Waals surface area (Å²) in [5.41, 5.74) is 7.74. The van der Waals surface area contributed by atoms with E-state index in [2.05, 4.69) is 4.90 Å². The quantitative estimate of drug-likeness (QED) is 0.906. The molecular formula is C18H21N3O2. The van der Waals surface area contributed by atoms with Crippen molar-refractivity contribution in [2.45, 2.75) is 6.04 Å². The highest BCUT2D eigenvalue weighted by molar-refractivity contribution is 5.83. The van der Waals surface area contributed by atoms with Gasteiger partial charge in [-0.15, -0.1) is 0 Å². The molecule has 1 amide bonds. The first-order chi connectivity index (χ1) is 11.2. The minimum absolute atomic E-state index is 0.0480. The Morgan fingerprint density at radius 2 is 1.57 bits per heavy atom. The maximum absolute atomic E-state index is 12.5. The topological polar surface area (TPSA) is 69.8 Å². The fourth-order valence-corrected chi connectivity index (χ4v) is 2.90. The molecule has 1 saturated heterocycles. The molecular weight excluding hydrogens is 290 g/mol. The average Bonchev–Trinajstić information content (AvgIpc) is 2.62. The van der Waals surface area contributed by atoms with E-state index >= 15 is 0 Å². The summed E-state index contributed by atoms with van der Waals surface area (Å²) in [7, 11) is 0. The van der Waals surface area contributed by atoms with Gasteiger partial charge in [-0.2, -0.15) is 0 Å². The van der Waals surface area contributed by atoms with Crippen LogP contribution in [0.5, 0.6) is 5.75 Å². The Bertz CT molecular complexity index is 667. The van der Waals surface area contributed by atoms with Crippen molar-refractivity contribution in [3.05, 3.63) is 60.2 Å². The number of piperazine rings is 1. The molecule has 120 valence electrons. The molecule has 1 fully saturated rings. The molecule has 1 atom stereocenters. The molecule has 2 aromatic rings. The van der Waals surface area contributed by atoms with Crippen molar-refractivity contribution in [2.75, 3.05) is 31.1 Å². The van der Waals surface area contributed by atoms with E-state index in [1.165, 1.54) is 0 Å². The first kappa shape index (κ1) is 15.4. The molecule has 0 spiro atoms. The zero-order valence-electron chi connectivity index (χ0n) is 12.9. The molecule has 2 aromatic carbocycles. The number of amides is 1. The Balaban J connectivity index is 1.63. The van der Waals surface area contributed by atoms with Gasteiger partial charge in [-0.3, -0.25) is 4.79 Å². The molecule has 3 N–H and O–H groups in total. The number of benzene rings is 2. The molecule has 0 aliphatic carbocycles. The molecule has 23 heavy (non-hydrogen) atoms. The summed E-state index contributed by atoms with van der Waals surface area (Å²) in [5, 5.41) is 9.93. The monoisotopic (exact) mass is 311 g/mol. The number of nitrogens with zero attached hydrogens (tertiary/aromatic N) is 2. The Kier molecular flexibility index (Phi) is 4.48. The van der Waals surface area contributed by atoms with Crippen molar-refractivity contribution >= 4 is 11.6 Å². The highest BCUT2D eigenvalue weighted by Gasteiger charge is 2.26. The van der Waals surface area contributed by atoms with E-state index in [-0.39, 0.29) is 11.7 Å². The number of hydrogen-bond donors (Lipinski definition) is 2. The molecule has 5 nitrogen and oxygen atoms in total. The number of aromatic hydroxyl groups is 1. The summed E-state index contributed by atoms with van der Waals surface area (Å²) in [4.78, 5) is 16.4. The van der Waals surface area contributed by atoms with Crippen molar-refractivity contribution in [1.29, 1.82) is 0 Å². The third-order valence-electron chi connectivity index (χ3n) is 4.24. The third-order valence-corrected chi connectivity index (χ3v) is 4.24. The minimum atomic E-state index is -0.618. The van der Waals surface area contributed by atoms with Crippen LogP contribution in [-0.2, 0) is 4.79 Å². The molecule has 0 radical (unpaired) electrons. The second-order valence-corrected chi connectivity index (χ2v) is 5.69. The van der Waals surface area contributed by atoms with Gasteiger partial charge in [-0.05, 0) is 17.7 Å². The lowest BCUT2D eigenvalue weighted by molar-refractivity contribution is -0.133. The molecule has 0 bridgehead atoms. The Morgan fingerprint density at radius 3 is 2.22 bits per heavy atom. The van der Waals surface area contributed by atoms with Gasteiger partial charge in [0.05, 0.1) is 5.69 Å². The summed E-state index contributed by atoms with van der Waals surface area (Å²) < 4.78 is 0. The van der Waals surface area contributed by atoms with E-state index in [1.54, 1.807) is 17.0 Å². The van der Waals surface area contributed by atoms with Crippen LogP contribution in [0.4, 0.5) is 5.69 Å². The Hall–Kier alpha value is -2.53. The molecule has 0 unspecified atom stereocenters. The first-order valence-electron chi connectivity index (χ1n) is 7.79. The summed E-state index contributed by atoms with van der Waals surface area (Å²) in [6.07, 6.45) is 0. The van der Waals surface area contributed by atoms with Gasteiger partial charge in [-0.1, -0.05) is 42.5 Å². The zero-order chi connectivity index (χ0) is 16.2. The molecule has 5 heteroatoms. The van der Waals surface area contributed by atoms with Gasteiger partial charge in [0.25, 0.3) is 0 Å². The van der Waals surface area contributed by atoms with E-state index in [0.717, 1.165) is 11.3 Å². The second-order valence-electron chi connectivity index (χ2n) is 5.69. The van der Waals surface area contributed by atoms with E-state index in [0.29, 0.717) is 26.2 Å². The molecule has 1 aliphatic rings. The summed E-state index contributed by atoms with van der Waals surface area (Å²) in [5.74, 6) is 0.224. The predicted molar refractivity (Wildman–Crippen MR) is 90.3 cm³/mol. The molecule has 0 saturated carbocycles. The van der Waals surface area contributed by atoms with Gasteiger partial charge in [0.15, 0.2) is 0 Å². The van der Waals surface area contributed by atoms with E-state index in [9.17, 15) is 9.90 Å². The van der Waals surface area contributed by atoms with Crippen LogP contribution in [0.15, 0.2) is 54.6 Å². The number of anilines is 1. The summed E-state index contributed by atoms with van der Waals surface area (Å²) in [6, 6.07) is 16.1. The van der Waals surface area contributed by atoms with Crippen molar-refractivity contribution in [3.8, 4) is 5.75 Å². The fraction of sp³-hybridized carbons (Fsp3) is 0.278. The van der Waals surface area contributed by atoms with Crippen molar-refractivity contribution < 1.29 is 9.90 Å². The number of carbonyl (C=O) groups excluding carboxylic acids is 1. The second kappa shape index (κ2) is 6.71. The lowest BCUT2D eigenvalue weighted by atomic mass is 10.1.